The van der Waals surface area contributed by atoms with Gasteiger partial charge >= 0.3 is 5.97 Å². The van der Waals surface area contributed by atoms with E-state index in [9.17, 15) is 13.8 Å². The first-order chi connectivity index (χ1) is 10.5. The molecule has 0 fully saturated rings. The Labute approximate surface area is 130 Å². The molecule has 0 aliphatic rings. The predicted molar refractivity (Wildman–Crippen MR) is 84.2 cm³/mol. The number of hydrogen-bond donors (Lipinski definition) is 1. The number of hydrogen-bond acceptors (Lipinski definition) is 4. The number of carbonyl (C=O) groups is 2. The van der Waals surface area contributed by atoms with E-state index >= 15 is 0 Å². The highest BCUT2D eigenvalue weighted by Crippen LogP contribution is 2.17. The van der Waals surface area contributed by atoms with E-state index in [1.54, 1.807) is 48.5 Å². The number of ether oxygens (including phenoxy) is 1. The molecule has 2 aromatic rings. The van der Waals surface area contributed by atoms with Gasteiger partial charge in [-0.1, -0.05) is 0 Å². The second-order valence-corrected chi connectivity index (χ2v) is 5.78. The van der Waals surface area contributed by atoms with Gasteiger partial charge in [0, 0.05) is 18.2 Å². The molecule has 0 aliphatic carbocycles. The van der Waals surface area contributed by atoms with Crippen molar-refractivity contribution in [3.8, 4) is 5.75 Å². The maximum absolute atomic E-state index is 12.2. The zero-order valence-electron chi connectivity index (χ0n) is 12.2. The fraction of sp³-hybridized carbons (Fsp3) is 0.125. The molecule has 114 valence electrons. The van der Waals surface area contributed by atoms with Gasteiger partial charge < -0.3 is 9.46 Å². The molecule has 0 amide bonds. The zero-order chi connectivity index (χ0) is 16.1. The number of Topliss-reactive ketones (excluding diaryl/α,β-unsaturated/α-hetero) is 1. The predicted octanol–water partition coefficient (Wildman–Crippen LogP) is 2.95. The quantitative estimate of drug-likeness (QED) is 0.523. The monoisotopic (exact) mass is 317 g/mol. The fourth-order valence-corrected chi connectivity index (χ4v) is 2.59. The molecule has 0 spiro atoms. The van der Waals surface area contributed by atoms with E-state index in [1.807, 2.05) is 0 Å². The lowest BCUT2D eigenvalue weighted by molar-refractivity contribution is -0.131. The number of esters is 1. The molecule has 1 unspecified atom stereocenters. The Bertz CT molecular complexity index is 708. The first-order valence-corrected chi connectivity index (χ1v) is 7.68. The maximum atomic E-state index is 12.2. The molecule has 0 saturated carbocycles. The molecule has 6 heteroatoms. The van der Waals surface area contributed by atoms with E-state index in [1.165, 1.54) is 13.8 Å². The van der Waals surface area contributed by atoms with Crippen LogP contribution in [0.15, 0.2) is 53.4 Å². The van der Waals surface area contributed by atoms with Crippen LogP contribution in [0.2, 0.25) is 0 Å². The summed E-state index contributed by atoms with van der Waals surface area (Å²) in [6.45, 7) is 2.81. The van der Waals surface area contributed by atoms with Crippen LogP contribution in [0.5, 0.6) is 5.75 Å². The van der Waals surface area contributed by atoms with Crippen LogP contribution in [0, 0.1) is 0 Å². The fourth-order valence-electron chi connectivity index (χ4n) is 1.74. The van der Waals surface area contributed by atoms with Crippen molar-refractivity contribution in [2.75, 3.05) is 4.72 Å². The minimum atomic E-state index is -1.45. The summed E-state index contributed by atoms with van der Waals surface area (Å²) < 4.78 is 19.9. The molecular weight excluding hydrogens is 302 g/mol. The summed E-state index contributed by atoms with van der Waals surface area (Å²) >= 11 is 0. The van der Waals surface area contributed by atoms with Gasteiger partial charge in [-0.3, -0.25) is 9.59 Å². The van der Waals surface area contributed by atoms with E-state index in [4.69, 9.17) is 4.74 Å². The summed E-state index contributed by atoms with van der Waals surface area (Å²) in [6.07, 6.45) is 0. The third-order valence-electron chi connectivity index (χ3n) is 2.80. The van der Waals surface area contributed by atoms with Crippen molar-refractivity contribution in [2.24, 2.45) is 0 Å². The van der Waals surface area contributed by atoms with E-state index in [2.05, 4.69) is 4.72 Å². The van der Waals surface area contributed by atoms with E-state index in [0.29, 0.717) is 21.9 Å². The summed E-state index contributed by atoms with van der Waals surface area (Å²) in [4.78, 5) is 22.6. The van der Waals surface area contributed by atoms with Crippen LogP contribution < -0.4 is 9.46 Å². The number of carbonyl (C=O) groups excluding carboxylic acids is 2. The van der Waals surface area contributed by atoms with Crippen LogP contribution in [-0.4, -0.2) is 16.0 Å². The van der Waals surface area contributed by atoms with Gasteiger partial charge in [0.1, 0.15) is 16.7 Å². The molecule has 2 rings (SSSR count). The van der Waals surface area contributed by atoms with E-state index < -0.39 is 17.0 Å². The second-order valence-electron chi connectivity index (χ2n) is 4.57. The maximum Gasteiger partial charge on any atom is 0.308 e. The first kappa shape index (κ1) is 15.9. The Kier molecular flexibility index (Phi) is 5.06. The Morgan fingerprint density at radius 1 is 0.955 bits per heavy atom. The molecule has 0 aliphatic heterocycles. The summed E-state index contributed by atoms with van der Waals surface area (Å²) in [5.41, 5.74) is 1.24. The Hall–Kier alpha value is -2.47. The largest absolute Gasteiger partial charge is 0.427 e. The molecule has 0 radical (unpaired) electrons. The molecule has 0 saturated heterocycles. The zero-order valence-corrected chi connectivity index (χ0v) is 13.0. The van der Waals surface area contributed by atoms with Crippen molar-refractivity contribution in [3.63, 3.8) is 0 Å². The van der Waals surface area contributed by atoms with Crippen molar-refractivity contribution in [2.45, 2.75) is 18.7 Å². The average Bonchev–Trinajstić information content (AvgIpc) is 2.48. The van der Waals surface area contributed by atoms with Crippen molar-refractivity contribution < 1.29 is 18.5 Å². The number of rotatable bonds is 5. The van der Waals surface area contributed by atoms with Gasteiger partial charge in [0.25, 0.3) is 0 Å². The van der Waals surface area contributed by atoms with Crippen LogP contribution in [0.3, 0.4) is 0 Å². The highest BCUT2D eigenvalue weighted by Gasteiger charge is 2.06. The lowest BCUT2D eigenvalue weighted by Crippen LogP contribution is -2.05. The normalized spacial score (nSPS) is 11.5. The molecule has 0 aromatic heterocycles. The van der Waals surface area contributed by atoms with Gasteiger partial charge in [0.15, 0.2) is 5.78 Å². The van der Waals surface area contributed by atoms with Crippen molar-refractivity contribution >= 4 is 28.4 Å². The van der Waals surface area contributed by atoms with Gasteiger partial charge in [0.05, 0.1) is 4.90 Å². The summed E-state index contributed by atoms with van der Waals surface area (Å²) in [5, 5.41) is 0. The Balaban J connectivity index is 2.05. The lowest BCUT2D eigenvalue weighted by Gasteiger charge is -2.07. The van der Waals surface area contributed by atoms with Gasteiger partial charge in [-0.15, -0.1) is 0 Å². The molecular formula is C16H15NO4S. The molecule has 1 N–H and O–H groups in total. The summed E-state index contributed by atoms with van der Waals surface area (Å²) in [6, 6.07) is 13.1. The van der Waals surface area contributed by atoms with Crippen LogP contribution >= 0.6 is 0 Å². The van der Waals surface area contributed by atoms with Gasteiger partial charge in [-0.05, 0) is 55.5 Å². The SMILES string of the molecule is CC(=O)Oc1ccc(S(=O)Nc2ccc(C(C)=O)cc2)cc1. The highest BCUT2D eigenvalue weighted by molar-refractivity contribution is 7.86. The number of nitrogens with one attached hydrogen (secondary N) is 1. The van der Waals surface area contributed by atoms with E-state index in [0.717, 1.165) is 0 Å². The van der Waals surface area contributed by atoms with Crippen LogP contribution in [0.25, 0.3) is 0 Å². The highest BCUT2D eigenvalue weighted by atomic mass is 32.2. The van der Waals surface area contributed by atoms with Gasteiger partial charge in [0.2, 0.25) is 0 Å². The average molecular weight is 317 g/mol. The smallest absolute Gasteiger partial charge is 0.308 e. The molecule has 5 nitrogen and oxygen atoms in total. The molecule has 2 aromatic carbocycles. The Morgan fingerprint density at radius 3 is 2.05 bits per heavy atom. The van der Waals surface area contributed by atoms with Crippen LogP contribution in [0.4, 0.5) is 5.69 Å². The topological polar surface area (TPSA) is 72.5 Å². The van der Waals surface area contributed by atoms with Crippen LogP contribution in [0.1, 0.15) is 24.2 Å². The van der Waals surface area contributed by atoms with Gasteiger partial charge in [-0.2, -0.15) is 0 Å². The molecule has 0 heterocycles. The van der Waals surface area contributed by atoms with Crippen LogP contribution in [-0.2, 0) is 15.8 Å². The standard InChI is InChI=1S/C16H15NO4S/c1-11(18)13-3-5-14(6-4-13)17-22(20)16-9-7-15(8-10-16)21-12(2)19/h3-10,17H,1-2H3. The number of anilines is 1. The van der Waals surface area contributed by atoms with Crippen molar-refractivity contribution in [1.29, 1.82) is 0 Å². The second kappa shape index (κ2) is 7.00. The third-order valence-corrected chi connectivity index (χ3v) is 3.92. The minimum Gasteiger partial charge on any atom is -0.427 e. The number of ketones is 1. The van der Waals surface area contributed by atoms with E-state index in [-0.39, 0.29) is 5.78 Å². The first-order valence-electron chi connectivity index (χ1n) is 6.53. The Morgan fingerprint density at radius 2 is 1.55 bits per heavy atom. The molecule has 1 atom stereocenters. The molecule has 22 heavy (non-hydrogen) atoms. The third kappa shape index (κ3) is 4.26. The number of benzene rings is 2. The van der Waals surface area contributed by atoms with Gasteiger partial charge in [-0.25, -0.2) is 4.21 Å². The summed E-state index contributed by atoms with van der Waals surface area (Å²) in [5.74, 6) is -0.0228. The van der Waals surface area contributed by atoms with Crippen molar-refractivity contribution in [3.05, 3.63) is 54.1 Å². The summed E-state index contributed by atoms with van der Waals surface area (Å²) in [7, 11) is -1.45. The minimum absolute atomic E-state index is 0.0197. The lowest BCUT2D eigenvalue weighted by atomic mass is 10.1. The molecule has 0 bridgehead atoms. The van der Waals surface area contributed by atoms with Crippen molar-refractivity contribution in [1.82, 2.24) is 0 Å².